The third-order valence-electron chi connectivity index (χ3n) is 6.09. The van der Waals surface area contributed by atoms with Crippen LogP contribution in [0.2, 0.25) is 0 Å². The van der Waals surface area contributed by atoms with Crippen LogP contribution in [0.5, 0.6) is 0 Å². The lowest BCUT2D eigenvalue weighted by atomic mass is 9.90. The lowest BCUT2D eigenvalue weighted by Crippen LogP contribution is -2.46. The second-order valence-corrected chi connectivity index (χ2v) is 8.42. The Balaban J connectivity index is 0.00000261. The van der Waals surface area contributed by atoms with Crippen molar-refractivity contribution in [3.05, 3.63) is 35.6 Å². The molecular weight excluding hydrogens is 365 g/mol. The standard InChI is InChI=1S/C21H32FN3O.ClH/c1-21(15-23)11-12-24(16-21)14-20(26)25(19-5-3-2-4-6-19)13-17-7-9-18(22)10-8-17;/h7-10,19H,2-6,11-16,23H2,1H3;1H. The first-order chi connectivity index (χ1) is 12.5. The molecule has 2 aliphatic rings. The molecule has 1 aliphatic carbocycles. The minimum Gasteiger partial charge on any atom is -0.334 e. The molecule has 1 saturated carbocycles. The molecule has 1 aliphatic heterocycles. The maximum absolute atomic E-state index is 13.2. The van der Waals surface area contributed by atoms with Crippen LogP contribution in [0, 0.1) is 11.2 Å². The highest BCUT2D eigenvalue weighted by molar-refractivity contribution is 5.85. The van der Waals surface area contributed by atoms with Crippen molar-refractivity contribution in [1.82, 2.24) is 9.80 Å². The second-order valence-electron chi connectivity index (χ2n) is 8.42. The van der Waals surface area contributed by atoms with E-state index in [1.165, 1.54) is 31.4 Å². The van der Waals surface area contributed by atoms with Crippen LogP contribution in [0.1, 0.15) is 51.0 Å². The third kappa shape index (κ3) is 5.90. The molecule has 0 bridgehead atoms. The third-order valence-corrected chi connectivity index (χ3v) is 6.09. The van der Waals surface area contributed by atoms with Gasteiger partial charge in [-0.2, -0.15) is 0 Å². The van der Waals surface area contributed by atoms with Crippen LogP contribution in [0.4, 0.5) is 4.39 Å². The van der Waals surface area contributed by atoms with Crippen molar-refractivity contribution < 1.29 is 9.18 Å². The van der Waals surface area contributed by atoms with Gasteiger partial charge in [-0.1, -0.05) is 38.3 Å². The molecule has 1 aromatic rings. The Morgan fingerprint density at radius 2 is 1.93 bits per heavy atom. The molecule has 1 heterocycles. The van der Waals surface area contributed by atoms with E-state index in [9.17, 15) is 9.18 Å². The molecule has 4 nitrogen and oxygen atoms in total. The highest BCUT2D eigenvalue weighted by Gasteiger charge is 2.35. The Hall–Kier alpha value is -1.17. The minimum absolute atomic E-state index is 0. The molecule has 1 saturated heterocycles. The molecule has 2 N–H and O–H groups in total. The Kier molecular flexibility index (Phi) is 8.07. The molecule has 6 heteroatoms. The zero-order chi connectivity index (χ0) is 18.6. The summed E-state index contributed by atoms with van der Waals surface area (Å²) in [5, 5.41) is 0. The monoisotopic (exact) mass is 397 g/mol. The lowest BCUT2D eigenvalue weighted by Gasteiger charge is -2.35. The zero-order valence-corrected chi connectivity index (χ0v) is 17.1. The summed E-state index contributed by atoms with van der Waals surface area (Å²) in [4.78, 5) is 17.4. The van der Waals surface area contributed by atoms with Gasteiger partial charge in [-0.15, -0.1) is 12.4 Å². The summed E-state index contributed by atoms with van der Waals surface area (Å²) in [6, 6.07) is 6.85. The van der Waals surface area contributed by atoms with Crippen LogP contribution < -0.4 is 5.73 Å². The predicted octanol–water partition coefficient (Wildman–Crippen LogP) is 3.58. The van der Waals surface area contributed by atoms with Gasteiger partial charge in [0.1, 0.15) is 5.82 Å². The van der Waals surface area contributed by atoms with Crippen LogP contribution in [0.25, 0.3) is 0 Å². The molecule has 0 radical (unpaired) electrons. The van der Waals surface area contributed by atoms with Crippen molar-refractivity contribution in [1.29, 1.82) is 0 Å². The summed E-state index contributed by atoms with van der Waals surface area (Å²) in [6.45, 7) is 5.74. The van der Waals surface area contributed by atoms with Crippen LogP contribution in [-0.4, -0.2) is 47.9 Å². The van der Waals surface area contributed by atoms with E-state index in [4.69, 9.17) is 5.73 Å². The lowest BCUT2D eigenvalue weighted by molar-refractivity contribution is -0.136. The normalized spacial score (nSPS) is 23.8. The number of likely N-dealkylation sites (tertiary alicyclic amines) is 1. The maximum atomic E-state index is 13.2. The molecule has 1 aromatic carbocycles. The highest BCUT2D eigenvalue weighted by atomic mass is 35.5. The predicted molar refractivity (Wildman–Crippen MR) is 109 cm³/mol. The molecule has 0 spiro atoms. The zero-order valence-electron chi connectivity index (χ0n) is 16.3. The van der Waals surface area contributed by atoms with E-state index in [-0.39, 0.29) is 29.5 Å². The quantitative estimate of drug-likeness (QED) is 0.798. The molecule has 0 aromatic heterocycles. The summed E-state index contributed by atoms with van der Waals surface area (Å²) >= 11 is 0. The van der Waals surface area contributed by atoms with Crippen molar-refractivity contribution in [2.45, 2.75) is 58.0 Å². The van der Waals surface area contributed by atoms with Gasteiger partial charge in [-0.3, -0.25) is 9.69 Å². The number of rotatable bonds is 6. The molecule has 152 valence electrons. The van der Waals surface area contributed by atoms with E-state index in [2.05, 4.69) is 11.8 Å². The van der Waals surface area contributed by atoms with Crippen molar-refractivity contribution in [2.24, 2.45) is 11.1 Å². The number of amides is 1. The molecule has 1 unspecified atom stereocenters. The van der Waals surface area contributed by atoms with Gasteiger partial charge in [0.2, 0.25) is 5.91 Å². The van der Waals surface area contributed by atoms with Crippen LogP contribution in [0.15, 0.2) is 24.3 Å². The number of carbonyl (C=O) groups is 1. The van der Waals surface area contributed by atoms with Gasteiger partial charge in [0.15, 0.2) is 0 Å². The number of hydrogen-bond donors (Lipinski definition) is 1. The largest absolute Gasteiger partial charge is 0.334 e. The molecule has 1 atom stereocenters. The fourth-order valence-corrected chi connectivity index (χ4v) is 4.31. The number of benzene rings is 1. The number of hydrogen-bond acceptors (Lipinski definition) is 3. The first kappa shape index (κ1) is 22.1. The van der Waals surface area contributed by atoms with Gasteiger partial charge in [0.05, 0.1) is 6.54 Å². The highest BCUT2D eigenvalue weighted by Crippen LogP contribution is 2.29. The summed E-state index contributed by atoms with van der Waals surface area (Å²) in [7, 11) is 0. The number of nitrogens with two attached hydrogens (primary N) is 1. The van der Waals surface area contributed by atoms with Crippen LogP contribution >= 0.6 is 12.4 Å². The van der Waals surface area contributed by atoms with E-state index < -0.39 is 0 Å². The van der Waals surface area contributed by atoms with E-state index in [1.807, 2.05) is 4.90 Å². The molecular formula is C21H33ClFN3O. The Labute approximate surface area is 168 Å². The van der Waals surface area contributed by atoms with Gasteiger partial charge < -0.3 is 10.6 Å². The minimum atomic E-state index is -0.234. The number of halogens is 2. The van der Waals surface area contributed by atoms with Gasteiger partial charge in [0, 0.05) is 19.1 Å². The van der Waals surface area contributed by atoms with Gasteiger partial charge >= 0.3 is 0 Å². The summed E-state index contributed by atoms with van der Waals surface area (Å²) in [5.41, 5.74) is 7.03. The van der Waals surface area contributed by atoms with Crippen LogP contribution in [-0.2, 0) is 11.3 Å². The van der Waals surface area contributed by atoms with Gasteiger partial charge in [-0.25, -0.2) is 4.39 Å². The van der Waals surface area contributed by atoms with E-state index in [0.717, 1.165) is 37.9 Å². The van der Waals surface area contributed by atoms with Crippen LogP contribution in [0.3, 0.4) is 0 Å². The molecule has 1 amide bonds. The molecule has 3 rings (SSSR count). The fraction of sp³-hybridized carbons (Fsp3) is 0.667. The Bertz CT molecular complexity index is 606. The van der Waals surface area contributed by atoms with Gasteiger partial charge in [0.25, 0.3) is 0 Å². The average molecular weight is 398 g/mol. The topological polar surface area (TPSA) is 49.6 Å². The van der Waals surface area contributed by atoms with E-state index in [1.54, 1.807) is 12.1 Å². The van der Waals surface area contributed by atoms with E-state index >= 15 is 0 Å². The first-order valence-corrected chi connectivity index (χ1v) is 9.95. The summed E-state index contributed by atoms with van der Waals surface area (Å²) in [5.74, 6) is -0.0371. The van der Waals surface area contributed by atoms with Crippen molar-refractivity contribution in [3.8, 4) is 0 Å². The molecule has 2 fully saturated rings. The molecule has 27 heavy (non-hydrogen) atoms. The average Bonchev–Trinajstić information content (AvgIpc) is 3.03. The fourth-order valence-electron chi connectivity index (χ4n) is 4.31. The van der Waals surface area contributed by atoms with Crippen molar-refractivity contribution >= 4 is 18.3 Å². The maximum Gasteiger partial charge on any atom is 0.237 e. The Morgan fingerprint density at radius 3 is 2.52 bits per heavy atom. The number of nitrogens with zero attached hydrogens (tertiary/aromatic N) is 2. The first-order valence-electron chi connectivity index (χ1n) is 9.95. The summed E-state index contributed by atoms with van der Waals surface area (Å²) in [6.07, 6.45) is 6.84. The smallest absolute Gasteiger partial charge is 0.237 e. The SMILES string of the molecule is CC1(CN)CCN(CC(=O)N(Cc2ccc(F)cc2)C2CCCCC2)C1.Cl. The number of carbonyl (C=O) groups excluding carboxylic acids is 1. The second kappa shape index (κ2) is 9.85. The summed E-state index contributed by atoms with van der Waals surface area (Å²) < 4.78 is 13.2. The van der Waals surface area contributed by atoms with Crippen molar-refractivity contribution in [3.63, 3.8) is 0 Å². The van der Waals surface area contributed by atoms with E-state index in [0.29, 0.717) is 25.7 Å². The van der Waals surface area contributed by atoms with Gasteiger partial charge in [-0.05, 0) is 55.5 Å². The van der Waals surface area contributed by atoms with Crippen molar-refractivity contribution in [2.75, 3.05) is 26.2 Å². The Morgan fingerprint density at radius 1 is 1.26 bits per heavy atom.